The fourth-order valence-corrected chi connectivity index (χ4v) is 2.54. The van der Waals surface area contributed by atoms with Gasteiger partial charge in [-0.2, -0.15) is 0 Å². The van der Waals surface area contributed by atoms with Crippen LogP contribution in [0.25, 0.3) is 0 Å². The third kappa shape index (κ3) is 3.07. The quantitative estimate of drug-likeness (QED) is 0.675. The number of hydrogen-bond donors (Lipinski definition) is 1. The Morgan fingerprint density at radius 1 is 0.905 bits per heavy atom. The molecule has 0 bridgehead atoms. The third-order valence-electron chi connectivity index (χ3n) is 3.77. The lowest BCUT2D eigenvalue weighted by atomic mass is 10.1. The van der Waals surface area contributed by atoms with Gasteiger partial charge in [-0.3, -0.25) is 5.41 Å². The summed E-state index contributed by atoms with van der Waals surface area (Å²) in [6.07, 6.45) is 0. The molecule has 0 fully saturated rings. The molecule has 0 heterocycles. The predicted octanol–water partition coefficient (Wildman–Crippen LogP) is 4.20. The first-order chi connectivity index (χ1) is 10.1. The second-order valence-corrected chi connectivity index (χ2v) is 5.20. The van der Waals surface area contributed by atoms with E-state index in [-0.39, 0.29) is 0 Å². The maximum absolute atomic E-state index is 8.57. The Morgan fingerprint density at radius 3 is 1.86 bits per heavy atom. The molecule has 0 spiro atoms. The molecule has 0 atom stereocenters. The van der Waals surface area contributed by atoms with E-state index < -0.39 is 0 Å². The number of nitrogens with one attached hydrogen (secondary N) is 1. The van der Waals surface area contributed by atoms with Gasteiger partial charge in [-0.25, -0.2) is 0 Å². The highest BCUT2D eigenvalue weighted by Gasteiger charge is 2.17. The smallest absolute Gasteiger partial charge is 0.202 e. The average Bonchev–Trinajstić information content (AvgIpc) is 2.49. The molecule has 1 N–H and O–H groups in total. The molecular formula is C18H23N3. The lowest BCUT2D eigenvalue weighted by molar-refractivity contribution is 0.997. The van der Waals surface area contributed by atoms with Gasteiger partial charge in [-0.1, -0.05) is 36.4 Å². The summed E-state index contributed by atoms with van der Waals surface area (Å²) >= 11 is 0. The molecule has 0 aromatic heterocycles. The van der Waals surface area contributed by atoms with Crippen molar-refractivity contribution in [3.63, 3.8) is 0 Å². The number of anilines is 2. The van der Waals surface area contributed by atoms with Crippen molar-refractivity contribution in [2.45, 2.75) is 20.8 Å². The van der Waals surface area contributed by atoms with Crippen LogP contribution in [0.2, 0.25) is 0 Å². The minimum absolute atomic E-state index is 0.487. The van der Waals surface area contributed by atoms with E-state index in [2.05, 4.69) is 45.0 Å². The monoisotopic (exact) mass is 281 g/mol. The average molecular weight is 281 g/mol. The van der Waals surface area contributed by atoms with Gasteiger partial charge >= 0.3 is 0 Å². The van der Waals surface area contributed by atoms with Gasteiger partial charge in [0.2, 0.25) is 5.96 Å². The normalized spacial score (nSPS) is 10.3. The van der Waals surface area contributed by atoms with Crippen LogP contribution in [-0.4, -0.2) is 19.6 Å². The first kappa shape index (κ1) is 15.1. The Hall–Kier alpha value is -2.29. The fourth-order valence-electron chi connectivity index (χ4n) is 2.54. The van der Waals surface area contributed by atoms with Crippen molar-refractivity contribution in [1.29, 1.82) is 5.41 Å². The van der Waals surface area contributed by atoms with E-state index in [4.69, 9.17) is 5.41 Å². The highest BCUT2D eigenvalue weighted by atomic mass is 15.4. The SMILES string of the molecule is CCN(C(=N)N(C)c1ccccc1C)c1ccccc1C. The summed E-state index contributed by atoms with van der Waals surface area (Å²) in [6.45, 7) is 6.99. The molecule has 0 saturated heterocycles. The molecule has 3 heteroatoms. The van der Waals surface area contributed by atoms with Crippen molar-refractivity contribution in [2.24, 2.45) is 0 Å². The lowest BCUT2D eigenvalue weighted by Crippen LogP contribution is -2.42. The number of hydrogen-bond acceptors (Lipinski definition) is 1. The van der Waals surface area contributed by atoms with E-state index in [0.29, 0.717) is 5.96 Å². The van der Waals surface area contributed by atoms with Crippen molar-refractivity contribution >= 4 is 17.3 Å². The highest BCUT2D eigenvalue weighted by Crippen LogP contribution is 2.23. The summed E-state index contributed by atoms with van der Waals surface area (Å²) < 4.78 is 0. The van der Waals surface area contributed by atoms with Crippen molar-refractivity contribution in [3.05, 3.63) is 59.7 Å². The minimum Gasteiger partial charge on any atom is -0.315 e. The second-order valence-electron chi connectivity index (χ2n) is 5.20. The highest BCUT2D eigenvalue weighted by molar-refractivity contribution is 6.05. The molecule has 3 nitrogen and oxygen atoms in total. The number of para-hydroxylation sites is 2. The van der Waals surface area contributed by atoms with Crippen LogP contribution in [0.1, 0.15) is 18.1 Å². The molecule has 0 saturated carbocycles. The summed E-state index contributed by atoms with van der Waals surface area (Å²) in [6, 6.07) is 16.4. The zero-order chi connectivity index (χ0) is 15.4. The maximum Gasteiger partial charge on any atom is 0.202 e. The van der Waals surface area contributed by atoms with E-state index in [9.17, 15) is 0 Å². The second kappa shape index (κ2) is 6.44. The molecule has 21 heavy (non-hydrogen) atoms. The van der Waals surface area contributed by atoms with Gasteiger partial charge in [0.25, 0.3) is 0 Å². The van der Waals surface area contributed by atoms with Crippen molar-refractivity contribution in [1.82, 2.24) is 0 Å². The molecule has 0 radical (unpaired) electrons. The summed E-state index contributed by atoms with van der Waals surface area (Å²) in [7, 11) is 1.95. The molecule has 0 amide bonds. The van der Waals surface area contributed by atoms with E-state index in [1.165, 1.54) is 11.1 Å². The van der Waals surface area contributed by atoms with Crippen LogP contribution in [-0.2, 0) is 0 Å². The number of nitrogens with zero attached hydrogens (tertiary/aromatic N) is 2. The van der Waals surface area contributed by atoms with Gasteiger partial charge in [0.1, 0.15) is 0 Å². The zero-order valence-electron chi connectivity index (χ0n) is 13.2. The first-order valence-electron chi connectivity index (χ1n) is 7.27. The number of rotatable bonds is 3. The summed E-state index contributed by atoms with van der Waals surface area (Å²) in [5.74, 6) is 0.487. The van der Waals surface area contributed by atoms with E-state index >= 15 is 0 Å². The van der Waals surface area contributed by atoms with Gasteiger partial charge in [-0.05, 0) is 44.0 Å². The molecule has 0 aliphatic heterocycles. The van der Waals surface area contributed by atoms with E-state index in [1.54, 1.807) is 0 Å². The Balaban J connectivity index is 2.33. The van der Waals surface area contributed by atoms with Crippen molar-refractivity contribution in [2.75, 3.05) is 23.4 Å². The number of benzene rings is 2. The molecule has 110 valence electrons. The molecule has 0 unspecified atom stereocenters. The topological polar surface area (TPSA) is 30.3 Å². The molecule has 2 aromatic carbocycles. The van der Waals surface area contributed by atoms with Gasteiger partial charge < -0.3 is 9.80 Å². The number of guanidine groups is 1. The van der Waals surface area contributed by atoms with Gasteiger partial charge in [0.15, 0.2) is 0 Å². The summed E-state index contributed by atoms with van der Waals surface area (Å²) in [4.78, 5) is 3.97. The van der Waals surface area contributed by atoms with Crippen LogP contribution in [0.3, 0.4) is 0 Å². The Labute approximate surface area is 127 Å². The van der Waals surface area contributed by atoms with Crippen LogP contribution in [0.4, 0.5) is 11.4 Å². The Kier molecular flexibility index (Phi) is 4.63. The van der Waals surface area contributed by atoms with Crippen LogP contribution in [0.15, 0.2) is 48.5 Å². The number of aryl methyl sites for hydroxylation is 2. The van der Waals surface area contributed by atoms with Crippen molar-refractivity contribution < 1.29 is 0 Å². The van der Waals surface area contributed by atoms with Crippen molar-refractivity contribution in [3.8, 4) is 0 Å². The molecule has 2 aromatic rings. The molecular weight excluding hydrogens is 258 g/mol. The molecule has 2 rings (SSSR count). The van der Waals surface area contributed by atoms with Crippen LogP contribution in [0.5, 0.6) is 0 Å². The van der Waals surface area contributed by atoms with Gasteiger partial charge in [0, 0.05) is 25.0 Å². The Bertz CT molecular complexity index is 634. The largest absolute Gasteiger partial charge is 0.315 e. The minimum atomic E-state index is 0.487. The molecule has 0 aliphatic rings. The van der Waals surface area contributed by atoms with Crippen LogP contribution < -0.4 is 9.80 Å². The van der Waals surface area contributed by atoms with Crippen LogP contribution >= 0.6 is 0 Å². The summed E-state index contributed by atoms with van der Waals surface area (Å²) in [5, 5.41) is 8.57. The maximum atomic E-state index is 8.57. The summed E-state index contributed by atoms with van der Waals surface area (Å²) in [5.41, 5.74) is 4.51. The fraction of sp³-hybridized carbons (Fsp3) is 0.278. The Morgan fingerprint density at radius 2 is 1.38 bits per heavy atom. The predicted molar refractivity (Wildman–Crippen MR) is 91.5 cm³/mol. The first-order valence-corrected chi connectivity index (χ1v) is 7.27. The van der Waals surface area contributed by atoms with Gasteiger partial charge in [-0.15, -0.1) is 0 Å². The lowest BCUT2D eigenvalue weighted by Gasteiger charge is -2.32. The third-order valence-corrected chi connectivity index (χ3v) is 3.77. The zero-order valence-corrected chi connectivity index (χ0v) is 13.2. The van der Waals surface area contributed by atoms with E-state index in [0.717, 1.165) is 17.9 Å². The van der Waals surface area contributed by atoms with Crippen LogP contribution in [0, 0.1) is 19.3 Å². The van der Waals surface area contributed by atoms with E-state index in [1.807, 2.05) is 41.1 Å². The molecule has 0 aliphatic carbocycles. The van der Waals surface area contributed by atoms with Gasteiger partial charge in [0.05, 0.1) is 0 Å². The standard InChI is InChI=1S/C18H23N3/c1-5-21(17-13-9-7-11-15(17)3)18(19)20(4)16-12-8-6-10-14(16)2/h6-13,19H,5H2,1-4H3.